The number of halogens is 1. The summed E-state index contributed by atoms with van der Waals surface area (Å²) in [5.74, 6) is 0.438. The zero-order valence-corrected chi connectivity index (χ0v) is 7.96. The van der Waals surface area contributed by atoms with Crippen LogP contribution in [0.25, 0.3) is 0 Å². The number of alkyl halides is 1. The molecule has 0 spiro atoms. The van der Waals surface area contributed by atoms with Crippen LogP contribution >= 0.6 is 22.6 Å². The Morgan fingerprint density at radius 1 is 1.67 bits per heavy atom. The summed E-state index contributed by atoms with van der Waals surface area (Å²) in [5, 5.41) is 2.94. The minimum atomic E-state index is -0.0393. The maximum Gasteiger partial charge on any atom is 0.145 e. The third-order valence-corrected chi connectivity index (χ3v) is 2.77. The number of hydrogen-bond acceptors (Lipinski definition) is 2. The molecule has 0 aliphatic carbocycles. The summed E-state index contributed by atoms with van der Waals surface area (Å²) in [7, 11) is 0. The van der Waals surface area contributed by atoms with Crippen LogP contribution in [0.15, 0.2) is 5.18 Å². The predicted molar refractivity (Wildman–Crippen MR) is 47.7 cm³/mol. The molecule has 54 valence electrons. The molecule has 0 N–H and O–H groups in total. The normalized spacial score (nSPS) is 16.8. The Morgan fingerprint density at radius 3 is 2.56 bits per heavy atom. The smallest absolute Gasteiger partial charge is 0.145 e. The Balaban J connectivity index is 3.44. The lowest BCUT2D eigenvalue weighted by Crippen LogP contribution is -2.06. The first kappa shape index (κ1) is 9.33. The second-order valence-electron chi connectivity index (χ2n) is 2.24. The zero-order valence-electron chi connectivity index (χ0n) is 5.80. The largest absolute Gasteiger partial charge is 0.150 e. The first-order valence-corrected chi connectivity index (χ1v) is 4.43. The van der Waals surface area contributed by atoms with Crippen molar-refractivity contribution in [1.29, 1.82) is 0 Å². The van der Waals surface area contributed by atoms with Crippen molar-refractivity contribution < 1.29 is 0 Å². The van der Waals surface area contributed by atoms with E-state index >= 15 is 0 Å². The van der Waals surface area contributed by atoms with Gasteiger partial charge in [-0.3, -0.25) is 0 Å². The average Bonchev–Trinajstić information content (AvgIpc) is 1.87. The van der Waals surface area contributed by atoms with Crippen molar-refractivity contribution in [3.05, 3.63) is 4.91 Å². The molecule has 0 aromatic heterocycles. The molecule has 0 aliphatic heterocycles. The van der Waals surface area contributed by atoms with Gasteiger partial charge in [0.15, 0.2) is 0 Å². The lowest BCUT2D eigenvalue weighted by atomic mass is 10.1. The second kappa shape index (κ2) is 5.14. The van der Waals surface area contributed by atoms with Crippen molar-refractivity contribution in [1.82, 2.24) is 0 Å². The van der Waals surface area contributed by atoms with Gasteiger partial charge in [-0.15, -0.1) is 4.91 Å². The van der Waals surface area contributed by atoms with Crippen LogP contribution in [-0.4, -0.2) is 4.05 Å². The highest BCUT2D eigenvalue weighted by atomic mass is 127. The molecule has 0 amide bonds. The molecule has 2 atom stereocenters. The summed E-state index contributed by atoms with van der Waals surface area (Å²) in [6.07, 6.45) is 2.23. The van der Waals surface area contributed by atoms with Crippen LogP contribution in [0.1, 0.15) is 26.7 Å². The van der Waals surface area contributed by atoms with E-state index in [4.69, 9.17) is 0 Å². The molecular weight excluding hydrogens is 229 g/mol. The standard InChI is InChI=1S/C6H12INO/c1-3-4-5(2)6(7)8-9/h5-6H,3-4H2,1-2H3/t5-,6?/m1/s1. The van der Waals surface area contributed by atoms with Crippen molar-refractivity contribution in [3.8, 4) is 0 Å². The summed E-state index contributed by atoms with van der Waals surface area (Å²) in [5.41, 5.74) is 0. The molecule has 0 rings (SSSR count). The summed E-state index contributed by atoms with van der Waals surface area (Å²) in [6.45, 7) is 4.17. The molecule has 0 heterocycles. The Hall–Kier alpha value is 0.330. The lowest BCUT2D eigenvalue weighted by Gasteiger charge is -2.08. The predicted octanol–water partition coefficient (Wildman–Crippen LogP) is 2.95. The average molecular weight is 241 g/mol. The third kappa shape index (κ3) is 3.83. The molecule has 0 aliphatic rings. The topological polar surface area (TPSA) is 29.4 Å². The van der Waals surface area contributed by atoms with Gasteiger partial charge in [0.25, 0.3) is 0 Å². The quantitative estimate of drug-likeness (QED) is 0.322. The molecular formula is C6H12INO. The van der Waals surface area contributed by atoms with Crippen molar-refractivity contribution >= 4 is 22.6 Å². The van der Waals surface area contributed by atoms with Crippen molar-refractivity contribution in [2.24, 2.45) is 11.1 Å². The monoisotopic (exact) mass is 241 g/mol. The minimum absolute atomic E-state index is 0.0393. The number of rotatable bonds is 4. The highest BCUT2D eigenvalue weighted by Crippen LogP contribution is 2.18. The van der Waals surface area contributed by atoms with E-state index < -0.39 is 0 Å². The van der Waals surface area contributed by atoms with E-state index in [-0.39, 0.29) is 4.05 Å². The summed E-state index contributed by atoms with van der Waals surface area (Å²) >= 11 is 2.08. The Morgan fingerprint density at radius 2 is 2.22 bits per heavy atom. The van der Waals surface area contributed by atoms with Crippen LogP contribution in [0.3, 0.4) is 0 Å². The van der Waals surface area contributed by atoms with Gasteiger partial charge in [-0.05, 0) is 12.3 Å². The first-order chi connectivity index (χ1) is 4.22. The molecule has 0 fully saturated rings. The molecule has 1 unspecified atom stereocenters. The molecule has 0 radical (unpaired) electrons. The fourth-order valence-electron chi connectivity index (χ4n) is 0.697. The third-order valence-electron chi connectivity index (χ3n) is 1.31. The summed E-state index contributed by atoms with van der Waals surface area (Å²) < 4.78 is -0.0393. The SMILES string of the molecule is CCC[C@@H](C)C(I)N=O. The van der Waals surface area contributed by atoms with E-state index in [0.29, 0.717) is 5.92 Å². The van der Waals surface area contributed by atoms with Crippen LogP contribution in [0.5, 0.6) is 0 Å². The number of hydrogen-bond donors (Lipinski definition) is 0. The maximum absolute atomic E-state index is 9.96. The van der Waals surface area contributed by atoms with Gasteiger partial charge < -0.3 is 0 Å². The van der Waals surface area contributed by atoms with Gasteiger partial charge in [0.2, 0.25) is 0 Å². The van der Waals surface area contributed by atoms with E-state index in [1.807, 2.05) is 0 Å². The summed E-state index contributed by atoms with van der Waals surface area (Å²) in [6, 6.07) is 0. The molecule has 0 saturated heterocycles. The lowest BCUT2D eigenvalue weighted by molar-refractivity contribution is 0.522. The van der Waals surface area contributed by atoms with Crippen molar-refractivity contribution in [2.45, 2.75) is 30.7 Å². The highest BCUT2D eigenvalue weighted by molar-refractivity contribution is 14.1. The van der Waals surface area contributed by atoms with E-state index in [0.717, 1.165) is 12.8 Å². The van der Waals surface area contributed by atoms with Gasteiger partial charge in [-0.25, -0.2) is 0 Å². The van der Waals surface area contributed by atoms with Gasteiger partial charge >= 0.3 is 0 Å². The fraction of sp³-hybridized carbons (Fsp3) is 1.00. The van der Waals surface area contributed by atoms with Crippen LogP contribution in [0, 0.1) is 10.8 Å². The summed E-state index contributed by atoms with van der Waals surface area (Å²) in [4.78, 5) is 9.96. The van der Waals surface area contributed by atoms with Gasteiger partial charge in [0.05, 0.1) is 0 Å². The van der Waals surface area contributed by atoms with Gasteiger partial charge in [0.1, 0.15) is 4.05 Å². The van der Waals surface area contributed by atoms with E-state index in [1.54, 1.807) is 0 Å². The molecule has 0 saturated carbocycles. The molecule has 3 heteroatoms. The van der Waals surface area contributed by atoms with E-state index in [1.165, 1.54) is 0 Å². The zero-order chi connectivity index (χ0) is 7.28. The second-order valence-corrected chi connectivity index (χ2v) is 3.52. The number of nitroso groups, excluding NO2 is 1. The van der Waals surface area contributed by atoms with Crippen LogP contribution in [0.2, 0.25) is 0 Å². The minimum Gasteiger partial charge on any atom is -0.150 e. The Labute approximate surface area is 69.5 Å². The van der Waals surface area contributed by atoms with Crippen LogP contribution in [0.4, 0.5) is 0 Å². The van der Waals surface area contributed by atoms with Gasteiger partial charge in [-0.1, -0.05) is 48.0 Å². The van der Waals surface area contributed by atoms with E-state index in [9.17, 15) is 4.91 Å². The van der Waals surface area contributed by atoms with E-state index in [2.05, 4.69) is 41.6 Å². The molecule has 0 aromatic rings. The first-order valence-electron chi connectivity index (χ1n) is 3.19. The van der Waals surface area contributed by atoms with Gasteiger partial charge in [-0.2, -0.15) is 0 Å². The molecule has 9 heavy (non-hydrogen) atoms. The fourth-order valence-corrected chi connectivity index (χ4v) is 1.06. The Bertz CT molecular complexity index is 87.1. The highest BCUT2D eigenvalue weighted by Gasteiger charge is 2.11. The molecule has 0 aromatic carbocycles. The van der Waals surface area contributed by atoms with Crippen molar-refractivity contribution in [2.75, 3.05) is 0 Å². The Kier molecular flexibility index (Phi) is 5.33. The van der Waals surface area contributed by atoms with Crippen molar-refractivity contribution in [3.63, 3.8) is 0 Å². The molecule has 0 bridgehead atoms. The van der Waals surface area contributed by atoms with Crippen LogP contribution < -0.4 is 0 Å². The maximum atomic E-state index is 9.96. The number of nitrogens with zero attached hydrogens (tertiary/aromatic N) is 1. The van der Waals surface area contributed by atoms with Gasteiger partial charge in [0, 0.05) is 0 Å². The van der Waals surface area contributed by atoms with Crippen LogP contribution in [-0.2, 0) is 0 Å². The molecule has 2 nitrogen and oxygen atoms in total.